The number of para-hydroxylation sites is 1. The van der Waals surface area contributed by atoms with Crippen LogP contribution in [0.4, 0.5) is 5.69 Å². The molecular formula is C27H34N3O2S+. The van der Waals surface area contributed by atoms with Gasteiger partial charge in [-0.1, -0.05) is 68.1 Å². The molecule has 2 aliphatic rings. The number of hydrogen-bond donors (Lipinski definition) is 2. The quantitative estimate of drug-likeness (QED) is 0.489. The lowest BCUT2D eigenvalue weighted by Crippen LogP contribution is -3.14. The van der Waals surface area contributed by atoms with Crippen molar-refractivity contribution in [2.24, 2.45) is 11.8 Å². The van der Waals surface area contributed by atoms with Crippen LogP contribution in [-0.2, 0) is 9.59 Å². The van der Waals surface area contributed by atoms with Crippen molar-refractivity contribution in [3.05, 3.63) is 65.1 Å². The summed E-state index contributed by atoms with van der Waals surface area (Å²) in [6.07, 6.45) is 4.18. The van der Waals surface area contributed by atoms with E-state index >= 15 is 0 Å². The maximum Gasteiger partial charge on any atom is 0.265 e. The Labute approximate surface area is 201 Å². The van der Waals surface area contributed by atoms with Crippen molar-refractivity contribution in [3.8, 4) is 0 Å². The Balaban J connectivity index is 1.36. The topological polar surface area (TPSA) is 53.9 Å². The molecule has 2 atom stereocenters. The summed E-state index contributed by atoms with van der Waals surface area (Å²) in [7, 11) is 0. The second-order valence-electron chi connectivity index (χ2n) is 9.44. The Morgan fingerprint density at radius 2 is 1.79 bits per heavy atom. The van der Waals surface area contributed by atoms with Crippen LogP contribution in [0, 0.1) is 11.8 Å². The molecule has 4 rings (SSSR count). The number of benzene rings is 2. The average molecular weight is 465 g/mol. The van der Waals surface area contributed by atoms with E-state index in [0.29, 0.717) is 11.4 Å². The summed E-state index contributed by atoms with van der Waals surface area (Å²) in [5.74, 6) is 1.32. The molecule has 2 aromatic carbocycles. The first-order valence-electron chi connectivity index (χ1n) is 12.0. The number of nitrogens with zero attached hydrogens (tertiary/aromatic N) is 1. The highest BCUT2D eigenvalue weighted by molar-refractivity contribution is 8.04. The lowest BCUT2D eigenvalue weighted by Gasteiger charge is -2.32. The lowest BCUT2D eigenvalue weighted by atomic mass is 9.92. The number of anilines is 1. The van der Waals surface area contributed by atoms with Gasteiger partial charge in [-0.15, -0.1) is 0 Å². The van der Waals surface area contributed by atoms with Crippen LogP contribution in [-0.4, -0.2) is 44.5 Å². The number of hydrogen-bond acceptors (Lipinski definition) is 3. The first-order valence-corrected chi connectivity index (χ1v) is 12.8. The van der Waals surface area contributed by atoms with E-state index in [1.807, 2.05) is 60.7 Å². The van der Waals surface area contributed by atoms with E-state index in [-0.39, 0.29) is 18.4 Å². The number of nitrogens with one attached hydrogen (secondary N) is 2. The van der Waals surface area contributed by atoms with Crippen molar-refractivity contribution in [1.82, 2.24) is 5.32 Å². The van der Waals surface area contributed by atoms with E-state index < -0.39 is 0 Å². The minimum Gasteiger partial charge on any atom is -0.354 e. The molecule has 0 bridgehead atoms. The molecule has 2 amide bonds. The number of likely N-dealkylation sites (tertiary alicyclic amines) is 1. The molecule has 2 N–H and O–H groups in total. The number of amides is 2. The normalized spacial score (nSPS) is 23.9. The Kier molecular flexibility index (Phi) is 7.89. The monoisotopic (exact) mass is 464 g/mol. The van der Waals surface area contributed by atoms with Gasteiger partial charge in [-0.25, -0.2) is 0 Å². The third-order valence-electron chi connectivity index (χ3n) is 6.34. The van der Waals surface area contributed by atoms with Gasteiger partial charge in [0.15, 0.2) is 0 Å². The van der Waals surface area contributed by atoms with Crippen LogP contribution < -0.4 is 15.1 Å². The Bertz CT molecular complexity index is 997. The van der Waals surface area contributed by atoms with Crippen LogP contribution in [0.5, 0.6) is 0 Å². The van der Waals surface area contributed by atoms with E-state index in [2.05, 4.69) is 19.2 Å². The highest BCUT2D eigenvalue weighted by atomic mass is 32.2. The summed E-state index contributed by atoms with van der Waals surface area (Å²) < 4.78 is 0. The van der Waals surface area contributed by atoms with Crippen molar-refractivity contribution in [2.45, 2.75) is 31.6 Å². The first kappa shape index (κ1) is 23.6. The Morgan fingerprint density at radius 1 is 1.09 bits per heavy atom. The summed E-state index contributed by atoms with van der Waals surface area (Å²) in [5, 5.41) is 3.04. The van der Waals surface area contributed by atoms with Gasteiger partial charge in [0.2, 0.25) is 5.91 Å². The number of carbonyl (C=O) groups excluding carboxylic acids is 2. The molecule has 1 saturated heterocycles. The van der Waals surface area contributed by atoms with Crippen LogP contribution in [0.25, 0.3) is 6.08 Å². The van der Waals surface area contributed by atoms with Crippen LogP contribution >= 0.6 is 11.8 Å². The molecule has 6 heteroatoms. The SMILES string of the molecule is CC1CC(C)C[NH+](CCCNC(=O)CN2C(=O)C(=Cc3ccccc3)Sc3ccccc32)C1. The molecule has 0 aliphatic carbocycles. The van der Waals surface area contributed by atoms with E-state index in [1.54, 1.807) is 9.80 Å². The number of thioether (sulfide) groups is 1. The zero-order chi connectivity index (χ0) is 23.2. The Hall–Kier alpha value is -2.57. The number of quaternary nitrogens is 1. The largest absolute Gasteiger partial charge is 0.354 e. The zero-order valence-corrected chi connectivity index (χ0v) is 20.4. The molecule has 2 unspecified atom stereocenters. The van der Waals surface area contributed by atoms with Crippen molar-refractivity contribution < 1.29 is 14.5 Å². The van der Waals surface area contributed by atoms with Crippen molar-refractivity contribution in [1.29, 1.82) is 0 Å². The summed E-state index contributed by atoms with van der Waals surface area (Å²) in [6, 6.07) is 17.6. The third-order valence-corrected chi connectivity index (χ3v) is 7.42. The lowest BCUT2D eigenvalue weighted by molar-refractivity contribution is -0.912. The fraction of sp³-hybridized carbons (Fsp3) is 0.407. The van der Waals surface area contributed by atoms with E-state index in [9.17, 15) is 9.59 Å². The summed E-state index contributed by atoms with van der Waals surface area (Å²) in [4.78, 5) is 30.9. The van der Waals surface area contributed by atoms with Crippen LogP contribution in [0.2, 0.25) is 0 Å². The summed E-state index contributed by atoms with van der Waals surface area (Å²) in [5.41, 5.74) is 1.77. The predicted octanol–water partition coefficient (Wildman–Crippen LogP) is 3.23. The molecule has 5 nitrogen and oxygen atoms in total. The molecule has 33 heavy (non-hydrogen) atoms. The minimum absolute atomic E-state index is 0.0349. The van der Waals surface area contributed by atoms with Gasteiger partial charge < -0.3 is 10.2 Å². The van der Waals surface area contributed by atoms with Gasteiger partial charge in [0.25, 0.3) is 5.91 Å². The molecule has 0 spiro atoms. The van der Waals surface area contributed by atoms with Gasteiger partial charge >= 0.3 is 0 Å². The molecule has 0 aromatic heterocycles. The van der Waals surface area contributed by atoms with Crippen molar-refractivity contribution >= 4 is 35.3 Å². The van der Waals surface area contributed by atoms with Gasteiger partial charge in [-0.2, -0.15) is 0 Å². The van der Waals surface area contributed by atoms with Crippen molar-refractivity contribution in [2.75, 3.05) is 37.6 Å². The van der Waals surface area contributed by atoms with Gasteiger partial charge in [-0.3, -0.25) is 14.5 Å². The number of fused-ring (bicyclic) bond motifs is 1. The molecular weight excluding hydrogens is 430 g/mol. The highest BCUT2D eigenvalue weighted by Gasteiger charge is 2.30. The van der Waals surface area contributed by atoms with Crippen molar-refractivity contribution in [3.63, 3.8) is 0 Å². The van der Waals surface area contributed by atoms with Gasteiger partial charge in [0.05, 0.1) is 30.2 Å². The maximum atomic E-state index is 13.3. The molecule has 2 heterocycles. The van der Waals surface area contributed by atoms with E-state index in [4.69, 9.17) is 0 Å². The smallest absolute Gasteiger partial charge is 0.265 e. The zero-order valence-electron chi connectivity index (χ0n) is 19.5. The fourth-order valence-electron chi connectivity index (χ4n) is 5.01. The third kappa shape index (κ3) is 6.27. The highest BCUT2D eigenvalue weighted by Crippen LogP contribution is 2.41. The van der Waals surface area contributed by atoms with Gasteiger partial charge in [-0.05, 0) is 30.2 Å². The summed E-state index contributed by atoms with van der Waals surface area (Å²) in [6.45, 7) is 8.90. The summed E-state index contributed by atoms with van der Waals surface area (Å²) >= 11 is 1.46. The van der Waals surface area contributed by atoms with E-state index in [0.717, 1.165) is 40.9 Å². The first-order chi connectivity index (χ1) is 16.0. The average Bonchev–Trinajstić information content (AvgIpc) is 2.79. The molecule has 0 radical (unpaired) electrons. The second-order valence-corrected chi connectivity index (χ2v) is 10.5. The maximum absolute atomic E-state index is 13.3. The van der Waals surface area contributed by atoms with Gasteiger partial charge in [0, 0.05) is 29.7 Å². The molecule has 2 aliphatic heterocycles. The molecule has 174 valence electrons. The van der Waals surface area contributed by atoms with Crippen LogP contribution in [0.1, 0.15) is 32.3 Å². The number of piperidine rings is 1. The second kappa shape index (κ2) is 11.0. The standard InChI is InChI=1S/C27H33N3O2S/c1-20-15-21(2)18-29(17-20)14-8-13-28-26(31)19-30-23-11-6-7-12-24(23)33-25(27(30)32)16-22-9-4-3-5-10-22/h3-7,9-12,16,20-21H,8,13-15,17-19H2,1-2H3,(H,28,31)/p+1. The predicted molar refractivity (Wildman–Crippen MR) is 135 cm³/mol. The molecule has 1 fully saturated rings. The fourth-order valence-corrected chi connectivity index (χ4v) is 6.07. The van der Waals surface area contributed by atoms with E-state index in [1.165, 1.54) is 31.3 Å². The molecule has 0 saturated carbocycles. The number of rotatable bonds is 7. The van der Waals surface area contributed by atoms with Gasteiger partial charge in [0.1, 0.15) is 6.54 Å². The molecule has 2 aromatic rings. The Morgan fingerprint density at radius 3 is 2.55 bits per heavy atom. The van der Waals surface area contributed by atoms with Crippen LogP contribution in [0.15, 0.2) is 64.4 Å². The van der Waals surface area contributed by atoms with Crippen LogP contribution in [0.3, 0.4) is 0 Å². The minimum atomic E-state index is -0.126. The number of carbonyl (C=O) groups is 2.